The Morgan fingerprint density at radius 3 is 2.32 bits per heavy atom. The van der Waals surface area contributed by atoms with Crippen molar-refractivity contribution in [3.63, 3.8) is 0 Å². The van der Waals surface area contributed by atoms with Gasteiger partial charge in [0.1, 0.15) is 5.71 Å². The van der Waals surface area contributed by atoms with E-state index in [-0.39, 0.29) is 10.6 Å². The molecule has 0 atom stereocenters. The molecule has 0 fully saturated rings. The van der Waals surface area contributed by atoms with Crippen LogP contribution in [0.3, 0.4) is 0 Å². The molecule has 2 aromatic carbocycles. The number of para-hydroxylation sites is 1. The fourth-order valence-electron chi connectivity index (χ4n) is 2.57. The largest absolute Gasteiger partial charge is 0.432 e. The number of anilines is 1. The van der Waals surface area contributed by atoms with Crippen molar-refractivity contribution in [2.24, 2.45) is 5.14 Å². The Labute approximate surface area is 185 Å². The minimum atomic E-state index is -4.81. The molecular formula is C20H15ClF3N3O2S2. The monoisotopic (exact) mass is 485 g/mol. The number of nitrogens with one attached hydrogen (secondary N) is 2. The summed E-state index contributed by atoms with van der Waals surface area (Å²) in [6.07, 6.45) is -4.11. The average Bonchev–Trinajstić information content (AvgIpc) is 3.18. The minimum absolute atomic E-state index is 0.0489. The summed E-state index contributed by atoms with van der Waals surface area (Å²) in [7, 11) is -3.84. The molecule has 0 amide bonds. The first-order valence-corrected chi connectivity index (χ1v) is 11.4. The quantitative estimate of drug-likeness (QED) is 0.388. The van der Waals surface area contributed by atoms with Gasteiger partial charge in [0.2, 0.25) is 10.0 Å². The van der Waals surface area contributed by atoms with E-state index in [0.717, 1.165) is 11.3 Å². The second kappa shape index (κ2) is 8.83. The third-order valence-electron chi connectivity index (χ3n) is 4.12. The zero-order chi connectivity index (χ0) is 22.8. The molecule has 0 aliphatic carbocycles. The average molecular weight is 486 g/mol. The number of sulfonamides is 1. The number of nitrogens with two attached hydrogens (primary N) is 1. The molecule has 3 aromatic rings. The lowest BCUT2D eigenvalue weighted by Crippen LogP contribution is -2.20. The van der Waals surface area contributed by atoms with Gasteiger partial charge in [-0.25, -0.2) is 13.6 Å². The van der Waals surface area contributed by atoms with Crippen LogP contribution >= 0.6 is 22.9 Å². The van der Waals surface area contributed by atoms with Gasteiger partial charge >= 0.3 is 6.18 Å². The Balaban J connectivity index is 1.99. The Hall–Kier alpha value is -2.66. The highest BCUT2D eigenvalue weighted by Crippen LogP contribution is 2.33. The molecule has 0 saturated carbocycles. The van der Waals surface area contributed by atoms with Crippen LogP contribution in [0.15, 0.2) is 70.9 Å². The van der Waals surface area contributed by atoms with Gasteiger partial charge in [-0.15, -0.1) is 11.3 Å². The number of alkyl halides is 3. The second-order valence-electron chi connectivity index (χ2n) is 6.34. The molecule has 0 spiro atoms. The summed E-state index contributed by atoms with van der Waals surface area (Å²) < 4.78 is 61.7. The summed E-state index contributed by atoms with van der Waals surface area (Å²) >= 11 is 7.27. The van der Waals surface area contributed by atoms with Crippen molar-refractivity contribution in [1.29, 1.82) is 5.41 Å². The van der Waals surface area contributed by atoms with Crippen LogP contribution in [0.2, 0.25) is 5.02 Å². The molecule has 0 aliphatic heterocycles. The molecule has 0 aliphatic rings. The van der Waals surface area contributed by atoms with Crippen molar-refractivity contribution in [1.82, 2.24) is 0 Å². The third-order valence-corrected chi connectivity index (χ3v) is 6.34. The van der Waals surface area contributed by atoms with E-state index in [2.05, 4.69) is 5.32 Å². The summed E-state index contributed by atoms with van der Waals surface area (Å²) in [6, 6.07) is 14.0. The van der Waals surface area contributed by atoms with Crippen molar-refractivity contribution in [2.75, 3.05) is 5.32 Å². The number of hydrogen-bond acceptors (Lipinski definition) is 5. The van der Waals surface area contributed by atoms with Gasteiger partial charge in [0.15, 0.2) is 0 Å². The SMILES string of the molecule is N=C(/C=C(\Nc1ccccc1Cl)c1cc(-c2ccc(S(N)(=O)=O)cc2)cs1)C(F)(F)F. The van der Waals surface area contributed by atoms with E-state index in [4.69, 9.17) is 22.1 Å². The Morgan fingerprint density at radius 1 is 1.10 bits per heavy atom. The molecule has 1 heterocycles. The van der Waals surface area contributed by atoms with Crippen molar-refractivity contribution in [2.45, 2.75) is 11.1 Å². The second-order valence-corrected chi connectivity index (χ2v) is 9.22. The Kier molecular flexibility index (Phi) is 6.56. The van der Waals surface area contributed by atoms with Gasteiger partial charge in [0.25, 0.3) is 0 Å². The van der Waals surface area contributed by atoms with E-state index < -0.39 is 21.9 Å². The molecule has 0 bridgehead atoms. The first-order chi connectivity index (χ1) is 14.4. The molecule has 5 nitrogen and oxygen atoms in total. The molecule has 0 unspecified atom stereocenters. The summed E-state index contributed by atoms with van der Waals surface area (Å²) in [5, 5.41) is 17.3. The number of hydrogen-bond donors (Lipinski definition) is 3. The van der Waals surface area contributed by atoms with Crippen molar-refractivity contribution in [3.8, 4) is 11.1 Å². The van der Waals surface area contributed by atoms with Gasteiger partial charge in [-0.2, -0.15) is 13.2 Å². The number of primary sulfonamides is 1. The van der Waals surface area contributed by atoms with Gasteiger partial charge < -0.3 is 5.32 Å². The molecule has 0 radical (unpaired) electrons. The Bertz CT molecular complexity index is 1250. The predicted octanol–water partition coefficient (Wildman–Crippen LogP) is 5.75. The third kappa shape index (κ3) is 5.73. The first-order valence-electron chi connectivity index (χ1n) is 8.56. The number of rotatable bonds is 6. The normalized spacial score (nSPS) is 12.6. The summed E-state index contributed by atoms with van der Waals surface area (Å²) in [6.45, 7) is 0. The minimum Gasteiger partial charge on any atom is -0.353 e. The van der Waals surface area contributed by atoms with Crippen LogP contribution in [0.1, 0.15) is 4.88 Å². The summed E-state index contributed by atoms with van der Waals surface area (Å²) in [4.78, 5) is 0.380. The first kappa shape index (κ1) is 23.0. The molecule has 1 aromatic heterocycles. The fraction of sp³-hybridized carbons (Fsp3) is 0.0500. The van der Waals surface area contributed by atoms with Crippen LogP contribution in [0.4, 0.5) is 18.9 Å². The van der Waals surface area contributed by atoms with Crippen LogP contribution in [0, 0.1) is 5.41 Å². The molecule has 3 rings (SSSR count). The standard InChI is InChI=1S/C20H15ClF3N3O2S2/c21-15-3-1-2-4-16(15)27-17(10-19(25)20(22,23)24)18-9-13(11-30-18)12-5-7-14(8-6-12)31(26,28)29/h1-11,25,27H,(H2,26,28,29)/b17-10-,25-19?. The van der Waals surface area contributed by atoms with E-state index in [1.807, 2.05) is 0 Å². The topological polar surface area (TPSA) is 96.0 Å². The zero-order valence-corrected chi connectivity index (χ0v) is 18.0. The maximum absolute atomic E-state index is 13.0. The number of halogens is 4. The van der Waals surface area contributed by atoms with Crippen molar-refractivity contribution >= 4 is 50.1 Å². The summed E-state index contributed by atoms with van der Waals surface area (Å²) in [5.41, 5.74) is 0.226. The van der Waals surface area contributed by atoms with E-state index >= 15 is 0 Å². The van der Waals surface area contributed by atoms with Crippen molar-refractivity contribution in [3.05, 3.63) is 76.0 Å². The van der Waals surface area contributed by atoms with Gasteiger partial charge in [-0.3, -0.25) is 5.41 Å². The van der Waals surface area contributed by atoms with Gasteiger partial charge in [-0.1, -0.05) is 35.9 Å². The van der Waals surface area contributed by atoms with Gasteiger partial charge in [-0.05, 0) is 52.9 Å². The lowest BCUT2D eigenvalue weighted by atomic mass is 10.1. The maximum atomic E-state index is 13.0. The van der Waals surface area contributed by atoms with Gasteiger partial charge in [0, 0.05) is 0 Å². The lowest BCUT2D eigenvalue weighted by molar-refractivity contribution is -0.0583. The van der Waals surface area contributed by atoms with E-state index in [1.54, 1.807) is 47.8 Å². The lowest BCUT2D eigenvalue weighted by Gasteiger charge is -2.12. The van der Waals surface area contributed by atoms with Crippen LogP contribution in [0.5, 0.6) is 0 Å². The number of benzene rings is 2. The fourth-order valence-corrected chi connectivity index (χ4v) is 4.16. The highest BCUT2D eigenvalue weighted by Gasteiger charge is 2.33. The molecular weight excluding hydrogens is 471 g/mol. The highest BCUT2D eigenvalue weighted by atomic mass is 35.5. The highest BCUT2D eigenvalue weighted by molar-refractivity contribution is 7.89. The van der Waals surface area contributed by atoms with E-state index in [0.29, 0.717) is 32.8 Å². The smallest absolute Gasteiger partial charge is 0.353 e. The van der Waals surface area contributed by atoms with Gasteiger partial charge in [0.05, 0.1) is 26.2 Å². The number of allylic oxidation sites excluding steroid dienone is 1. The Morgan fingerprint density at radius 2 is 1.74 bits per heavy atom. The maximum Gasteiger partial charge on any atom is 0.432 e. The molecule has 11 heteroatoms. The van der Waals surface area contributed by atoms with E-state index in [1.165, 1.54) is 12.1 Å². The predicted molar refractivity (Wildman–Crippen MR) is 118 cm³/mol. The van der Waals surface area contributed by atoms with Crippen LogP contribution in [-0.4, -0.2) is 20.3 Å². The van der Waals surface area contributed by atoms with E-state index in [9.17, 15) is 21.6 Å². The summed E-state index contributed by atoms with van der Waals surface area (Å²) in [5.74, 6) is 0. The van der Waals surface area contributed by atoms with Crippen LogP contribution < -0.4 is 10.5 Å². The van der Waals surface area contributed by atoms with Crippen LogP contribution in [-0.2, 0) is 10.0 Å². The zero-order valence-electron chi connectivity index (χ0n) is 15.6. The number of thiophene rings is 1. The molecule has 162 valence electrons. The van der Waals surface area contributed by atoms with Crippen LogP contribution in [0.25, 0.3) is 16.8 Å². The molecule has 31 heavy (non-hydrogen) atoms. The van der Waals surface area contributed by atoms with Crippen molar-refractivity contribution < 1.29 is 21.6 Å². The molecule has 0 saturated heterocycles. The molecule has 4 N–H and O–H groups in total.